The van der Waals surface area contributed by atoms with E-state index in [4.69, 9.17) is 16.3 Å². The molecule has 4 heteroatoms. The van der Waals surface area contributed by atoms with Gasteiger partial charge >= 0.3 is 0 Å². The molecule has 1 fully saturated rings. The Morgan fingerprint density at radius 1 is 1.25 bits per heavy atom. The van der Waals surface area contributed by atoms with E-state index in [0.717, 1.165) is 38.4 Å². The first kappa shape index (κ1) is 15.5. The number of carbonyl (C=O) groups is 1. The number of carbonyl (C=O) groups excluding carboxylic acids is 1. The number of Topliss-reactive ketones (excluding diaryl/α,β-unsaturated/α-hetero) is 1. The van der Waals surface area contributed by atoms with Crippen molar-refractivity contribution in [3.8, 4) is 0 Å². The fourth-order valence-corrected chi connectivity index (χ4v) is 2.63. The maximum atomic E-state index is 12.5. The molecule has 0 N–H and O–H groups in total. The third-order valence-corrected chi connectivity index (χ3v) is 3.98. The third kappa shape index (κ3) is 4.05. The van der Waals surface area contributed by atoms with Crippen LogP contribution in [0.15, 0.2) is 24.3 Å². The summed E-state index contributed by atoms with van der Waals surface area (Å²) in [5.74, 6) is 0.251. The summed E-state index contributed by atoms with van der Waals surface area (Å²) in [5.41, 5.74) is 1.06. The molecule has 3 nitrogen and oxygen atoms in total. The lowest BCUT2D eigenvalue weighted by atomic mass is 9.88. The monoisotopic (exact) mass is 295 g/mol. The predicted octanol–water partition coefficient (Wildman–Crippen LogP) is 2.98. The Morgan fingerprint density at radius 3 is 2.40 bits per heavy atom. The van der Waals surface area contributed by atoms with E-state index in [1.54, 1.807) is 0 Å². The van der Waals surface area contributed by atoms with Gasteiger partial charge in [0.05, 0.1) is 19.1 Å². The molecule has 1 aliphatic heterocycles. The second-order valence-corrected chi connectivity index (χ2v) is 6.01. The molecule has 1 aromatic rings. The first-order valence-electron chi connectivity index (χ1n) is 7.17. The van der Waals surface area contributed by atoms with Gasteiger partial charge in [-0.25, -0.2) is 0 Å². The first-order chi connectivity index (χ1) is 9.58. The Kier molecular flexibility index (Phi) is 5.58. The number of nitrogens with zero attached hydrogens (tertiary/aromatic N) is 1. The van der Waals surface area contributed by atoms with E-state index >= 15 is 0 Å². The van der Waals surface area contributed by atoms with Crippen molar-refractivity contribution in [1.29, 1.82) is 0 Å². The number of rotatable bonds is 5. The molecule has 2 rings (SSSR count). The molecule has 1 aromatic carbocycles. The van der Waals surface area contributed by atoms with Crippen LogP contribution < -0.4 is 0 Å². The minimum Gasteiger partial charge on any atom is -0.379 e. The zero-order chi connectivity index (χ0) is 14.5. The summed E-state index contributed by atoms with van der Waals surface area (Å²) in [6.45, 7) is 7.99. The summed E-state index contributed by atoms with van der Waals surface area (Å²) in [6, 6.07) is 7.65. The van der Waals surface area contributed by atoms with Gasteiger partial charge in [0.1, 0.15) is 5.78 Å². The van der Waals surface area contributed by atoms with E-state index in [2.05, 4.69) is 4.90 Å². The zero-order valence-electron chi connectivity index (χ0n) is 12.1. The van der Waals surface area contributed by atoms with Gasteiger partial charge in [0, 0.05) is 30.6 Å². The molecule has 0 radical (unpaired) electrons. The van der Waals surface area contributed by atoms with Gasteiger partial charge in [-0.2, -0.15) is 0 Å². The van der Waals surface area contributed by atoms with Crippen LogP contribution in [0.4, 0.5) is 0 Å². The zero-order valence-corrected chi connectivity index (χ0v) is 12.9. The van der Waals surface area contributed by atoms with Crippen molar-refractivity contribution >= 4 is 17.4 Å². The molecule has 1 aliphatic rings. The van der Waals surface area contributed by atoms with Crippen LogP contribution in [-0.4, -0.2) is 43.5 Å². The molecule has 0 unspecified atom stereocenters. The normalized spacial score (nSPS) is 18.2. The minimum atomic E-state index is -0.0784. The number of hydrogen-bond acceptors (Lipinski definition) is 3. The number of hydrogen-bond donors (Lipinski definition) is 0. The van der Waals surface area contributed by atoms with Gasteiger partial charge in [0.25, 0.3) is 0 Å². The smallest absolute Gasteiger partial charge is 0.144 e. The summed E-state index contributed by atoms with van der Waals surface area (Å²) >= 11 is 5.94. The molecule has 1 atom stereocenters. The summed E-state index contributed by atoms with van der Waals surface area (Å²) in [6.07, 6.45) is 0. The second kappa shape index (κ2) is 7.21. The van der Waals surface area contributed by atoms with Gasteiger partial charge in [-0.15, -0.1) is 0 Å². The van der Waals surface area contributed by atoms with Crippen LogP contribution in [0.3, 0.4) is 0 Å². The molecule has 1 saturated heterocycles. The Hall–Kier alpha value is -0.900. The van der Waals surface area contributed by atoms with Crippen LogP contribution >= 0.6 is 11.6 Å². The van der Waals surface area contributed by atoms with Crippen LogP contribution in [-0.2, 0) is 9.53 Å². The Labute approximate surface area is 125 Å². The molecular weight excluding hydrogens is 274 g/mol. The van der Waals surface area contributed by atoms with E-state index in [0.29, 0.717) is 10.8 Å². The van der Waals surface area contributed by atoms with Crippen molar-refractivity contribution in [2.24, 2.45) is 5.92 Å². The van der Waals surface area contributed by atoms with Crippen molar-refractivity contribution < 1.29 is 9.53 Å². The predicted molar refractivity (Wildman–Crippen MR) is 81.3 cm³/mol. The molecular formula is C16H22ClNO2. The topological polar surface area (TPSA) is 29.5 Å². The highest BCUT2D eigenvalue weighted by atomic mass is 35.5. The standard InChI is InChI=1S/C16H22ClNO2/c1-12(2)16(19)15(11-18-7-9-20-10-8-18)13-3-5-14(17)6-4-13/h3-6,12,15H,7-11H2,1-2H3/t15-/m0/s1. The molecule has 0 amide bonds. The molecule has 0 saturated carbocycles. The van der Waals surface area contributed by atoms with E-state index in [1.807, 2.05) is 38.1 Å². The van der Waals surface area contributed by atoms with Gasteiger partial charge in [-0.3, -0.25) is 9.69 Å². The van der Waals surface area contributed by atoms with E-state index in [1.165, 1.54) is 0 Å². The average molecular weight is 296 g/mol. The summed E-state index contributed by atoms with van der Waals surface area (Å²) in [7, 11) is 0. The minimum absolute atomic E-state index is 0.0386. The number of ether oxygens (including phenoxy) is 1. The average Bonchev–Trinajstić information content (AvgIpc) is 2.46. The molecule has 1 heterocycles. The first-order valence-corrected chi connectivity index (χ1v) is 7.55. The summed E-state index contributed by atoms with van der Waals surface area (Å²) in [5, 5.41) is 0.705. The Morgan fingerprint density at radius 2 is 1.85 bits per heavy atom. The maximum Gasteiger partial charge on any atom is 0.144 e. The lowest BCUT2D eigenvalue weighted by Gasteiger charge is -2.30. The fourth-order valence-electron chi connectivity index (χ4n) is 2.50. The van der Waals surface area contributed by atoms with E-state index in [-0.39, 0.29) is 11.8 Å². The van der Waals surface area contributed by atoms with Crippen molar-refractivity contribution in [3.05, 3.63) is 34.9 Å². The summed E-state index contributed by atoms with van der Waals surface area (Å²) < 4.78 is 5.37. The van der Waals surface area contributed by atoms with Crippen molar-refractivity contribution in [3.63, 3.8) is 0 Å². The van der Waals surface area contributed by atoms with Gasteiger partial charge in [-0.05, 0) is 17.7 Å². The number of ketones is 1. The quantitative estimate of drug-likeness (QED) is 0.836. The van der Waals surface area contributed by atoms with E-state index in [9.17, 15) is 4.79 Å². The SMILES string of the molecule is CC(C)C(=O)[C@@H](CN1CCOCC1)c1ccc(Cl)cc1. The maximum absolute atomic E-state index is 12.5. The van der Waals surface area contributed by atoms with E-state index < -0.39 is 0 Å². The highest BCUT2D eigenvalue weighted by Crippen LogP contribution is 2.24. The lowest BCUT2D eigenvalue weighted by molar-refractivity contribution is -0.124. The van der Waals surface area contributed by atoms with Crippen LogP contribution in [0.5, 0.6) is 0 Å². The van der Waals surface area contributed by atoms with Crippen LogP contribution in [0, 0.1) is 5.92 Å². The summed E-state index contributed by atoms with van der Waals surface area (Å²) in [4.78, 5) is 14.8. The Bertz CT molecular complexity index is 438. The highest BCUT2D eigenvalue weighted by molar-refractivity contribution is 6.30. The molecule has 20 heavy (non-hydrogen) atoms. The lowest BCUT2D eigenvalue weighted by Crippen LogP contribution is -2.40. The van der Waals surface area contributed by atoms with Gasteiger partial charge in [-0.1, -0.05) is 37.6 Å². The van der Waals surface area contributed by atoms with Gasteiger partial charge in [0.15, 0.2) is 0 Å². The van der Waals surface area contributed by atoms with Crippen molar-refractivity contribution in [2.45, 2.75) is 19.8 Å². The van der Waals surface area contributed by atoms with Crippen LogP contribution in [0.1, 0.15) is 25.3 Å². The molecule has 0 aliphatic carbocycles. The number of morpholine rings is 1. The van der Waals surface area contributed by atoms with Crippen LogP contribution in [0.25, 0.3) is 0 Å². The molecule has 0 bridgehead atoms. The van der Waals surface area contributed by atoms with Gasteiger partial charge < -0.3 is 4.74 Å². The second-order valence-electron chi connectivity index (χ2n) is 5.57. The Balaban J connectivity index is 2.15. The number of benzene rings is 1. The largest absolute Gasteiger partial charge is 0.379 e. The van der Waals surface area contributed by atoms with Crippen LogP contribution in [0.2, 0.25) is 5.02 Å². The fraction of sp³-hybridized carbons (Fsp3) is 0.562. The highest BCUT2D eigenvalue weighted by Gasteiger charge is 2.26. The van der Waals surface area contributed by atoms with Gasteiger partial charge in [0.2, 0.25) is 0 Å². The third-order valence-electron chi connectivity index (χ3n) is 3.73. The molecule has 0 aromatic heterocycles. The van der Waals surface area contributed by atoms with Crippen molar-refractivity contribution in [2.75, 3.05) is 32.8 Å². The number of halogens is 1. The molecule has 0 spiro atoms. The molecule has 110 valence electrons. The van der Waals surface area contributed by atoms with Crippen molar-refractivity contribution in [1.82, 2.24) is 4.90 Å².